The third-order valence-electron chi connectivity index (χ3n) is 3.48. The average Bonchev–Trinajstić information content (AvgIpc) is 2.93. The largest absolute Gasteiger partial charge is 0.487 e. The van der Waals surface area contributed by atoms with E-state index in [9.17, 15) is 13.6 Å². The number of nitrogens with zero attached hydrogens (tertiary/aromatic N) is 4. The molecule has 1 heterocycles. The summed E-state index contributed by atoms with van der Waals surface area (Å²) in [4.78, 5) is 12.4. The zero-order valence-electron chi connectivity index (χ0n) is 13.5. The van der Waals surface area contributed by atoms with Gasteiger partial charge in [-0.1, -0.05) is 41.6 Å². The van der Waals surface area contributed by atoms with Crippen LogP contribution in [0.1, 0.15) is 5.56 Å². The fourth-order valence-electron chi connectivity index (χ4n) is 2.28. The van der Waals surface area contributed by atoms with Crippen LogP contribution < -0.4 is 10.4 Å². The van der Waals surface area contributed by atoms with Gasteiger partial charge in [-0.25, -0.2) is 4.79 Å². The molecule has 0 saturated carbocycles. The quantitative estimate of drug-likeness (QED) is 0.594. The summed E-state index contributed by atoms with van der Waals surface area (Å²) < 4.78 is 33.7. The van der Waals surface area contributed by atoms with Crippen LogP contribution in [0.4, 0.5) is 8.78 Å². The lowest BCUT2D eigenvalue weighted by molar-refractivity contribution is 0.251. The zero-order valence-corrected chi connectivity index (χ0v) is 15.0. The summed E-state index contributed by atoms with van der Waals surface area (Å²) in [6.45, 7) is -0.0715. The number of halogens is 3. The van der Waals surface area contributed by atoms with Gasteiger partial charge < -0.3 is 4.74 Å². The maximum Gasteiger partial charge on any atom is 0.368 e. The van der Waals surface area contributed by atoms with Gasteiger partial charge in [-0.2, -0.15) is 18.1 Å². The van der Waals surface area contributed by atoms with Crippen LogP contribution in [0.3, 0.4) is 0 Å². The highest BCUT2D eigenvalue weighted by Gasteiger charge is 2.18. The van der Waals surface area contributed by atoms with E-state index in [0.717, 1.165) is 9.36 Å². The van der Waals surface area contributed by atoms with Crippen LogP contribution in [0.5, 0.6) is 5.75 Å². The van der Waals surface area contributed by atoms with Crippen LogP contribution in [0, 0.1) is 0 Å². The molecule has 136 valence electrons. The van der Waals surface area contributed by atoms with E-state index in [1.807, 2.05) is 0 Å². The molecule has 0 aliphatic heterocycles. The highest BCUT2D eigenvalue weighted by atomic mass is 35.5. The van der Waals surface area contributed by atoms with Crippen molar-refractivity contribution in [2.45, 2.75) is 17.3 Å². The van der Waals surface area contributed by atoms with Gasteiger partial charge in [0.2, 0.25) is 0 Å². The number of aryl methyl sites for hydroxylation is 1. The number of ether oxygens (including phenoxy) is 1. The van der Waals surface area contributed by atoms with E-state index in [0.29, 0.717) is 33.8 Å². The Morgan fingerprint density at radius 1 is 1.19 bits per heavy atom. The predicted octanol–water partition coefficient (Wildman–Crippen LogP) is 3.51. The van der Waals surface area contributed by atoms with Crippen molar-refractivity contribution < 1.29 is 13.5 Å². The van der Waals surface area contributed by atoms with Crippen molar-refractivity contribution in [3.63, 3.8) is 0 Å². The number of para-hydroxylation sites is 1. The Balaban J connectivity index is 2.03. The van der Waals surface area contributed by atoms with E-state index >= 15 is 0 Å². The summed E-state index contributed by atoms with van der Waals surface area (Å²) in [5, 5.41) is 7.83. The molecule has 3 aromatic rings. The van der Waals surface area contributed by atoms with Crippen molar-refractivity contribution in [1.29, 1.82) is 0 Å². The Labute approximate surface area is 156 Å². The zero-order chi connectivity index (χ0) is 18.7. The standard InChI is InChI=1S/C16H13ClF2N4O2S/c1-22-16(24)23(21-20-22)12-6-4-8-14(26-15(18)19)10(12)9-25-13-7-3-2-5-11(13)17/h2-8,15H,9H2,1H3. The van der Waals surface area contributed by atoms with Gasteiger partial charge in [-0.3, -0.25) is 0 Å². The Morgan fingerprint density at radius 2 is 1.96 bits per heavy atom. The van der Waals surface area contributed by atoms with Crippen LogP contribution in [0.2, 0.25) is 5.02 Å². The average molecular weight is 399 g/mol. The van der Waals surface area contributed by atoms with E-state index in [2.05, 4.69) is 10.4 Å². The Morgan fingerprint density at radius 3 is 2.62 bits per heavy atom. The van der Waals surface area contributed by atoms with Gasteiger partial charge in [0.15, 0.2) is 0 Å². The van der Waals surface area contributed by atoms with Crippen molar-refractivity contribution >= 4 is 23.4 Å². The highest BCUT2D eigenvalue weighted by Crippen LogP contribution is 2.33. The number of thioether (sulfide) groups is 1. The number of alkyl halides is 2. The van der Waals surface area contributed by atoms with Crippen molar-refractivity contribution in [1.82, 2.24) is 19.8 Å². The fraction of sp³-hybridized carbons (Fsp3) is 0.188. The summed E-state index contributed by atoms with van der Waals surface area (Å²) in [6, 6.07) is 11.5. The smallest absolute Gasteiger partial charge is 0.368 e. The summed E-state index contributed by atoms with van der Waals surface area (Å²) in [6.07, 6.45) is 0. The molecule has 0 bridgehead atoms. The predicted molar refractivity (Wildman–Crippen MR) is 94.2 cm³/mol. The number of benzene rings is 2. The molecule has 0 aliphatic carbocycles. The van der Waals surface area contributed by atoms with E-state index in [1.54, 1.807) is 36.4 Å². The molecule has 3 rings (SSSR count). The van der Waals surface area contributed by atoms with Gasteiger partial charge in [0.25, 0.3) is 5.76 Å². The van der Waals surface area contributed by atoms with E-state index < -0.39 is 11.4 Å². The highest BCUT2D eigenvalue weighted by molar-refractivity contribution is 7.99. The van der Waals surface area contributed by atoms with Crippen LogP contribution in [-0.2, 0) is 13.7 Å². The van der Waals surface area contributed by atoms with Crippen molar-refractivity contribution in [2.24, 2.45) is 7.05 Å². The van der Waals surface area contributed by atoms with Gasteiger partial charge in [0, 0.05) is 17.5 Å². The Bertz CT molecular complexity index is 977. The first-order valence-corrected chi connectivity index (χ1v) is 8.66. The van der Waals surface area contributed by atoms with Crippen molar-refractivity contribution in [2.75, 3.05) is 0 Å². The summed E-state index contributed by atoms with van der Waals surface area (Å²) in [7, 11) is 1.45. The number of aromatic nitrogens is 4. The summed E-state index contributed by atoms with van der Waals surface area (Å²) >= 11 is 6.44. The fourth-order valence-corrected chi connectivity index (χ4v) is 3.13. The van der Waals surface area contributed by atoms with Gasteiger partial charge in [0.05, 0.1) is 10.7 Å². The van der Waals surface area contributed by atoms with E-state index in [4.69, 9.17) is 16.3 Å². The molecular weight excluding hydrogens is 386 g/mol. The third kappa shape index (κ3) is 3.88. The normalized spacial score (nSPS) is 11.1. The van der Waals surface area contributed by atoms with Gasteiger partial charge in [-0.05, 0) is 34.7 Å². The van der Waals surface area contributed by atoms with Crippen molar-refractivity contribution in [3.05, 3.63) is 63.5 Å². The molecular formula is C16H13ClF2N4O2S. The molecule has 0 fully saturated rings. The third-order valence-corrected chi connectivity index (χ3v) is 4.61. The van der Waals surface area contributed by atoms with Crippen LogP contribution in [0.25, 0.3) is 5.69 Å². The van der Waals surface area contributed by atoms with Crippen LogP contribution >= 0.6 is 23.4 Å². The molecule has 10 heteroatoms. The molecule has 0 radical (unpaired) electrons. The second-order valence-electron chi connectivity index (χ2n) is 5.15. The maximum atomic E-state index is 12.9. The van der Waals surface area contributed by atoms with Crippen LogP contribution in [0.15, 0.2) is 52.2 Å². The molecule has 0 unspecified atom stereocenters. The molecule has 0 saturated heterocycles. The maximum absolute atomic E-state index is 12.9. The lowest BCUT2D eigenvalue weighted by Crippen LogP contribution is -2.23. The molecule has 0 atom stereocenters. The van der Waals surface area contributed by atoms with Gasteiger partial charge in [-0.15, -0.1) is 0 Å². The molecule has 0 N–H and O–H groups in total. The van der Waals surface area contributed by atoms with Gasteiger partial charge >= 0.3 is 5.69 Å². The molecule has 26 heavy (non-hydrogen) atoms. The monoisotopic (exact) mass is 398 g/mol. The molecule has 2 aromatic carbocycles. The molecule has 6 nitrogen and oxygen atoms in total. The van der Waals surface area contributed by atoms with Gasteiger partial charge in [0.1, 0.15) is 12.4 Å². The molecule has 1 aromatic heterocycles. The summed E-state index contributed by atoms with van der Waals surface area (Å²) in [5.74, 6) is -2.22. The second-order valence-corrected chi connectivity index (χ2v) is 6.59. The molecule has 0 aliphatic rings. The minimum atomic E-state index is -2.62. The first-order valence-electron chi connectivity index (χ1n) is 7.41. The SMILES string of the molecule is Cn1nnn(-c2cccc(SC(F)F)c2COc2ccccc2Cl)c1=O. The number of hydrogen-bond acceptors (Lipinski definition) is 5. The minimum Gasteiger partial charge on any atom is -0.487 e. The van der Waals surface area contributed by atoms with E-state index in [1.165, 1.54) is 13.1 Å². The van der Waals surface area contributed by atoms with Crippen LogP contribution in [-0.4, -0.2) is 25.5 Å². The molecule has 0 spiro atoms. The molecule has 0 amide bonds. The number of hydrogen-bond donors (Lipinski definition) is 0. The number of rotatable bonds is 6. The summed E-state index contributed by atoms with van der Waals surface area (Å²) in [5.41, 5.74) is 0.212. The topological polar surface area (TPSA) is 61.9 Å². The second kappa shape index (κ2) is 7.88. The Hall–Kier alpha value is -2.39. The lowest BCUT2D eigenvalue weighted by Gasteiger charge is -2.15. The first-order chi connectivity index (χ1) is 12.5. The Kier molecular flexibility index (Phi) is 5.58. The minimum absolute atomic E-state index is 0.0715. The first kappa shape index (κ1) is 18.4. The van der Waals surface area contributed by atoms with Crippen molar-refractivity contribution in [3.8, 4) is 11.4 Å². The lowest BCUT2D eigenvalue weighted by atomic mass is 10.2. The van der Waals surface area contributed by atoms with E-state index in [-0.39, 0.29) is 11.5 Å². The number of tetrazole rings is 1.